The van der Waals surface area contributed by atoms with E-state index in [4.69, 9.17) is 17.3 Å². The highest BCUT2D eigenvalue weighted by Crippen LogP contribution is 2.38. The average Bonchev–Trinajstić information content (AvgIpc) is 2.52. The maximum Gasteiger partial charge on any atom is 0.418 e. The largest absolute Gasteiger partial charge is 0.418 e. The number of pyridine rings is 2. The Hall–Kier alpha value is -2.48. The van der Waals surface area contributed by atoms with Gasteiger partial charge in [0, 0.05) is 23.3 Å². The van der Waals surface area contributed by atoms with Gasteiger partial charge in [-0.15, -0.1) is 0 Å². The van der Waals surface area contributed by atoms with E-state index < -0.39 is 11.7 Å². The molecule has 9 heteroatoms. The van der Waals surface area contributed by atoms with Gasteiger partial charge in [0.1, 0.15) is 11.0 Å². The third-order valence-electron chi connectivity index (χ3n) is 3.86. The van der Waals surface area contributed by atoms with E-state index >= 15 is 0 Å². The molecule has 0 radical (unpaired) electrons. The van der Waals surface area contributed by atoms with Gasteiger partial charge in [-0.2, -0.15) is 13.2 Å². The van der Waals surface area contributed by atoms with Gasteiger partial charge in [0.15, 0.2) is 5.82 Å². The Morgan fingerprint density at radius 1 is 1.00 bits per heavy atom. The molecule has 0 fully saturated rings. The van der Waals surface area contributed by atoms with E-state index in [2.05, 4.69) is 19.9 Å². The number of nitrogen functional groups attached to an aromatic ring is 1. The Labute approximate surface area is 152 Å². The lowest BCUT2D eigenvalue weighted by atomic mass is 9.86. The lowest BCUT2D eigenvalue weighted by Crippen LogP contribution is -2.14. The number of rotatable bonds is 1. The van der Waals surface area contributed by atoms with Crippen molar-refractivity contribution in [3.8, 4) is 11.4 Å². The van der Waals surface area contributed by atoms with E-state index in [1.807, 2.05) is 20.8 Å². The van der Waals surface area contributed by atoms with Gasteiger partial charge >= 0.3 is 6.18 Å². The topological polar surface area (TPSA) is 77.6 Å². The molecule has 0 saturated carbocycles. The van der Waals surface area contributed by atoms with Crippen molar-refractivity contribution in [3.05, 3.63) is 40.9 Å². The van der Waals surface area contributed by atoms with Gasteiger partial charge in [0.25, 0.3) is 0 Å². The van der Waals surface area contributed by atoms with Crippen molar-refractivity contribution in [2.24, 2.45) is 0 Å². The molecule has 3 aromatic rings. The molecular weight excluding hydrogens is 367 g/mol. The lowest BCUT2D eigenvalue weighted by Gasteiger charge is -2.21. The van der Waals surface area contributed by atoms with Gasteiger partial charge < -0.3 is 5.73 Å². The Kier molecular flexibility index (Phi) is 4.26. The van der Waals surface area contributed by atoms with Crippen LogP contribution in [0.3, 0.4) is 0 Å². The summed E-state index contributed by atoms with van der Waals surface area (Å²) >= 11 is 5.78. The number of fused-ring (bicyclic) bond motifs is 1. The van der Waals surface area contributed by atoms with Crippen molar-refractivity contribution in [1.82, 2.24) is 19.9 Å². The summed E-state index contributed by atoms with van der Waals surface area (Å²) in [4.78, 5) is 16.0. The zero-order chi connectivity index (χ0) is 19.3. The van der Waals surface area contributed by atoms with Crippen molar-refractivity contribution in [1.29, 1.82) is 0 Å². The minimum Gasteiger partial charge on any atom is -0.383 e. The maximum atomic E-state index is 13.3. The van der Waals surface area contributed by atoms with Crippen molar-refractivity contribution >= 4 is 28.3 Å². The fourth-order valence-corrected chi connectivity index (χ4v) is 2.80. The predicted molar refractivity (Wildman–Crippen MR) is 93.7 cm³/mol. The number of halogens is 4. The van der Waals surface area contributed by atoms with Gasteiger partial charge in [0.2, 0.25) is 0 Å². The van der Waals surface area contributed by atoms with Crippen molar-refractivity contribution < 1.29 is 13.2 Å². The molecule has 0 aliphatic rings. The average molecular weight is 382 g/mol. The first-order valence-corrected chi connectivity index (χ1v) is 8.01. The van der Waals surface area contributed by atoms with Crippen LogP contribution in [0.25, 0.3) is 22.3 Å². The fraction of sp³-hybridized carbons (Fsp3) is 0.294. The van der Waals surface area contributed by atoms with Gasteiger partial charge in [-0.25, -0.2) is 15.0 Å². The molecule has 0 aromatic carbocycles. The number of hydrogen-bond donors (Lipinski definition) is 1. The summed E-state index contributed by atoms with van der Waals surface area (Å²) in [6.45, 7) is 5.92. The SMILES string of the molecule is CC(C)(C)c1cncc2nc(-c3cc(Cl)ncc3C(F)(F)F)nc(N)c12. The van der Waals surface area contributed by atoms with Crippen LogP contribution >= 0.6 is 11.6 Å². The monoisotopic (exact) mass is 381 g/mol. The number of alkyl halides is 3. The lowest BCUT2D eigenvalue weighted by molar-refractivity contribution is -0.137. The highest BCUT2D eigenvalue weighted by atomic mass is 35.5. The molecule has 0 spiro atoms. The molecule has 136 valence electrons. The fourth-order valence-electron chi connectivity index (χ4n) is 2.64. The molecule has 5 nitrogen and oxygen atoms in total. The van der Waals surface area contributed by atoms with E-state index in [1.54, 1.807) is 6.20 Å². The maximum absolute atomic E-state index is 13.3. The van der Waals surface area contributed by atoms with Gasteiger partial charge in [-0.1, -0.05) is 32.4 Å². The summed E-state index contributed by atoms with van der Waals surface area (Å²) in [6.07, 6.45) is -0.870. The molecule has 0 saturated heterocycles. The van der Waals surface area contributed by atoms with Gasteiger partial charge in [-0.3, -0.25) is 4.98 Å². The molecule has 3 rings (SSSR count). The van der Waals surface area contributed by atoms with E-state index in [-0.39, 0.29) is 27.8 Å². The minimum atomic E-state index is -4.63. The first-order chi connectivity index (χ1) is 12.0. The van der Waals surface area contributed by atoms with Crippen LogP contribution in [-0.2, 0) is 11.6 Å². The Morgan fingerprint density at radius 3 is 2.31 bits per heavy atom. The van der Waals surface area contributed by atoms with E-state index in [0.717, 1.165) is 11.6 Å². The Balaban J connectivity index is 2.32. The highest BCUT2D eigenvalue weighted by Gasteiger charge is 2.35. The second kappa shape index (κ2) is 6.05. The standard InChI is InChI=1S/C17H15ClF3N5/c1-16(2,3)10-5-23-7-11-13(10)14(22)26-15(25-11)8-4-12(18)24-6-9(8)17(19,20)21/h4-7H,1-3H3,(H2,22,25,26). The Morgan fingerprint density at radius 2 is 1.69 bits per heavy atom. The normalized spacial score (nSPS) is 12.6. The predicted octanol–water partition coefficient (Wildman–Crippen LogP) is 4.64. The highest BCUT2D eigenvalue weighted by molar-refractivity contribution is 6.29. The van der Waals surface area contributed by atoms with Crippen LogP contribution in [0.15, 0.2) is 24.7 Å². The van der Waals surface area contributed by atoms with Crippen LogP contribution in [0.5, 0.6) is 0 Å². The van der Waals surface area contributed by atoms with Crippen LogP contribution < -0.4 is 5.73 Å². The first-order valence-electron chi connectivity index (χ1n) is 7.63. The number of anilines is 1. The quantitative estimate of drug-likeness (QED) is 0.621. The third kappa shape index (κ3) is 3.29. The Bertz CT molecular complexity index is 996. The van der Waals surface area contributed by atoms with Gasteiger partial charge in [0.05, 0.1) is 17.3 Å². The van der Waals surface area contributed by atoms with Crippen LogP contribution in [0.4, 0.5) is 19.0 Å². The molecular formula is C17H15ClF3N5. The van der Waals surface area contributed by atoms with Crippen molar-refractivity contribution in [3.63, 3.8) is 0 Å². The van der Waals surface area contributed by atoms with E-state index in [1.165, 1.54) is 6.20 Å². The molecule has 0 atom stereocenters. The number of nitrogens with zero attached hydrogens (tertiary/aromatic N) is 4. The third-order valence-corrected chi connectivity index (χ3v) is 4.07. The number of nitrogens with two attached hydrogens (primary N) is 1. The van der Waals surface area contributed by atoms with Crippen LogP contribution in [0.2, 0.25) is 5.15 Å². The summed E-state index contributed by atoms with van der Waals surface area (Å²) in [6, 6.07) is 1.08. The number of aromatic nitrogens is 4. The molecule has 0 aliphatic carbocycles. The summed E-state index contributed by atoms with van der Waals surface area (Å²) < 4.78 is 40.0. The molecule has 0 bridgehead atoms. The molecule has 0 amide bonds. The molecule has 0 aliphatic heterocycles. The van der Waals surface area contributed by atoms with Crippen molar-refractivity contribution in [2.45, 2.75) is 32.4 Å². The zero-order valence-electron chi connectivity index (χ0n) is 14.2. The van der Waals surface area contributed by atoms with Crippen LogP contribution in [0.1, 0.15) is 31.9 Å². The molecule has 26 heavy (non-hydrogen) atoms. The van der Waals surface area contributed by atoms with Crippen molar-refractivity contribution in [2.75, 3.05) is 5.73 Å². The van der Waals surface area contributed by atoms with E-state index in [9.17, 15) is 13.2 Å². The minimum absolute atomic E-state index is 0.0818. The van der Waals surface area contributed by atoms with Crippen LogP contribution in [-0.4, -0.2) is 19.9 Å². The molecule has 0 unspecified atom stereocenters. The summed E-state index contributed by atoms with van der Waals surface area (Å²) in [5.41, 5.74) is 5.69. The second-order valence-corrected chi connectivity index (χ2v) is 7.20. The second-order valence-electron chi connectivity index (χ2n) is 6.81. The first kappa shape index (κ1) is 18.3. The summed E-state index contributed by atoms with van der Waals surface area (Å²) in [5, 5.41) is 0.474. The molecule has 2 N–H and O–H groups in total. The zero-order valence-corrected chi connectivity index (χ0v) is 14.9. The molecule has 3 aromatic heterocycles. The smallest absolute Gasteiger partial charge is 0.383 e. The summed E-state index contributed by atoms with van der Waals surface area (Å²) in [5.74, 6) is -0.0992. The van der Waals surface area contributed by atoms with Crippen LogP contribution in [0, 0.1) is 0 Å². The van der Waals surface area contributed by atoms with Gasteiger partial charge in [-0.05, 0) is 17.0 Å². The molecule has 3 heterocycles. The summed E-state index contributed by atoms with van der Waals surface area (Å²) in [7, 11) is 0. The van der Waals surface area contributed by atoms with E-state index in [0.29, 0.717) is 17.1 Å². The number of hydrogen-bond acceptors (Lipinski definition) is 5.